The molecular formula is C14H11Br2Cl2FN4O4. The van der Waals surface area contributed by atoms with E-state index in [9.17, 15) is 14.0 Å². The van der Waals surface area contributed by atoms with E-state index >= 15 is 0 Å². The van der Waals surface area contributed by atoms with Crippen molar-refractivity contribution in [1.82, 2.24) is 9.97 Å². The molecule has 0 saturated carbocycles. The van der Waals surface area contributed by atoms with Crippen LogP contribution in [0.5, 0.6) is 0 Å². The average Bonchev–Trinajstić information content (AvgIpc) is 2.65. The second-order valence-corrected chi connectivity index (χ2v) is 6.80. The van der Waals surface area contributed by atoms with E-state index in [4.69, 9.17) is 34.7 Å². The molecule has 0 aliphatic heterocycles. The van der Waals surface area contributed by atoms with Crippen molar-refractivity contribution in [1.29, 1.82) is 0 Å². The van der Waals surface area contributed by atoms with Crippen LogP contribution in [-0.4, -0.2) is 36.1 Å². The molecule has 146 valence electrons. The summed E-state index contributed by atoms with van der Waals surface area (Å²) in [6.45, 7) is 0. The van der Waals surface area contributed by atoms with Gasteiger partial charge in [0.25, 0.3) is 0 Å². The number of rotatable bonds is 2. The lowest BCUT2D eigenvalue weighted by Gasteiger charge is -2.06. The van der Waals surface area contributed by atoms with Crippen LogP contribution >= 0.6 is 55.1 Å². The Bertz CT molecular complexity index is 902. The predicted octanol–water partition coefficient (Wildman–Crippen LogP) is 3.87. The third-order valence-electron chi connectivity index (χ3n) is 2.78. The van der Waals surface area contributed by atoms with Crippen LogP contribution in [0.1, 0.15) is 21.0 Å². The van der Waals surface area contributed by atoms with Crippen LogP contribution in [0.15, 0.2) is 15.0 Å². The van der Waals surface area contributed by atoms with Crippen LogP contribution in [-0.2, 0) is 9.47 Å². The minimum atomic E-state index is -0.869. The van der Waals surface area contributed by atoms with Gasteiger partial charge in [0.05, 0.1) is 34.5 Å². The molecule has 0 spiro atoms. The number of carbonyl (C=O) groups is 2. The summed E-state index contributed by atoms with van der Waals surface area (Å²) >= 11 is 17.0. The molecule has 8 nitrogen and oxygen atoms in total. The predicted molar refractivity (Wildman–Crippen MR) is 105 cm³/mol. The van der Waals surface area contributed by atoms with Gasteiger partial charge in [-0.3, -0.25) is 0 Å². The first-order valence-electron chi connectivity index (χ1n) is 6.63. The summed E-state index contributed by atoms with van der Waals surface area (Å²) in [5, 5.41) is -0.313. The van der Waals surface area contributed by atoms with Crippen molar-refractivity contribution in [3.63, 3.8) is 0 Å². The van der Waals surface area contributed by atoms with E-state index in [1.807, 2.05) is 0 Å². The number of aromatic nitrogens is 2. The Morgan fingerprint density at radius 2 is 1.52 bits per heavy atom. The fraction of sp³-hybridized carbons (Fsp3) is 0.143. The highest BCUT2D eigenvalue weighted by atomic mass is 79.9. The Labute approximate surface area is 179 Å². The summed E-state index contributed by atoms with van der Waals surface area (Å²) in [4.78, 5) is 29.5. The number of halogens is 5. The van der Waals surface area contributed by atoms with Crippen molar-refractivity contribution in [3.05, 3.63) is 42.5 Å². The number of nitrogen functional groups attached to an aromatic ring is 2. The minimum Gasteiger partial charge on any atom is -0.464 e. The van der Waals surface area contributed by atoms with E-state index in [0.29, 0.717) is 10.2 Å². The van der Waals surface area contributed by atoms with Gasteiger partial charge in [0.15, 0.2) is 22.4 Å². The van der Waals surface area contributed by atoms with Crippen molar-refractivity contribution in [2.75, 3.05) is 25.7 Å². The Balaban J connectivity index is 0.000000271. The number of esters is 2. The van der Waals surface area contributed by atoms with Gasteiger partial charge in [-0.2, -0.15) is 0 Å². The van der Waals surface area contributed by atoms with Gasteiger partial charge >= 0.3 is 11.9 Å². The van der Waals surface area contributed by atoms with Gasteiger partial charge in [-0.25, -0.2) is 23.9 Å². The summed E-state index contributed by atoms with van der Waals surface area (Å²) in [5.41, 5.74) is 10.9. The van der Waals surface area contributed by atoms with E-state index < -0.39 is 22.9 Å². The van der Waals surface area contributed by atoms with Gasteiger partial charge in [0.1, 0.15) is 5.15 Å². The Morgan fingerprint density at radius 1 is 1.04 bits per heavy atom. The second kappa shape index (κ2) is 10.0. The van der Waals surface area contributed by atoms with Gasteiger partial charge in [0, 0.05) is 0 Å². The van der Waals surface area contributed by atoms with Crippen molar-refractivity contribution >= 4 is 78.4 Å². The minimum absolute atomic E-state index is 0.0336. The van der Waals surface area contributed by atoms with Crippen molar-refractivity contribution in [3.8, 4) is 0 Å². The molecule has 0 radical (unpaired) electrons. The van der Waals surface area contributed by atoms with E-state index in [-0.39, 0.29) is 26.7 Å². The molecule has 0 unspecified atom stereocenters. The number of nitrogens with two attached hydrogens (primary N) is 2. The first-order chi connectivity index (χ1) is 12.5. The lowest BCUT2D eigenvalue weighted by atomic mass is 10.3. The van der Waals surface area contributed by atoms with Crippen LogP contribution in [0.25, 0.3) is 0 Å². The maximum Gasteiger partial charge on any atom is 0.357 e. The van der Waals surface area contributed by atoms with E-state index in [0.717, 1.165) is 0 Å². The number of pyridine rings is 2. The highest BCUT2D eigenvalue weighted by Gasteiger charge is 2.20. The van der Waals surface area contributed by atoms with Gasteiger partial charge in [-0.15, -0.1) is 0 Å². The summed E-state index contributed by atoms with van der Waals surface area (Å²) in [7, 11) is 2.43. The number of hydrogen-bond acceptors (Lipinski definition) is 8. The van der Waals surface area contributed by atoms with Crippen molar-refractivity contribution in [2.24, 2.45) is 0 Å². The molecule has 0 fully saturated rings. The van der Waals surface area contributed by atoms with Crippen LogP contribution in [0.3, 0.4) is 0 Å². The molecule has 2 rings (SSSR count). The first kappa shape index (κ1) is 23.3. The van der Waals surface area contributed by atoms with Gasteiger partial charge in [-0.1, -0.05) is 23.2 Å². The maximum absolute atomic E-state index is 13.0. The SMILES string of the molecule is COC(=O)c1nc(Cl)c(F)c(N)c1Br.COC(=O)c1nc(Cl)cc(N)c1Br. The summed E-state index contributed by atoms with van der Waals surface area (Å²) < 4.78 is 22.3. The van der Waals surface area contributed by atoms with Crippen LogP contribution < -0.4 is 11.5 Å². The second-order valence-electron chi connectivity index (χ2n) is 4.47. The topological polar surface area (TPSA) is 130 Å². The number of methoxy groups -OCH3 is 2. The van der Waals surface area contributed by atoms with Crippen LogP contribution in [0, 0.1) is 5.82 Å². The van der Waals surface area contributed by atoms with Crippen LogP contribution in [0.4, 0.5) is 15.8 Å². The maximum atomic E-state index is 13.0. The lowest BCUT2D eigenvalue weighted by Crippen LogP contribution is -2.09. The summed E-state index contributed by atoms with van der Waals surface area (Å²) in [6.07, 6.45) is 0. The molecule has 0 atom stereocenters. The third-order valence-corrected chi connectivity index (χ3v) is 4.86. The zero-order valence-corrected chi connectivity index (χ0v) is 18.3. The van der Waals surface area contributed by atoms with Crippen molar-refractivity contribution in [2.45, 2.75) is 0 Å². The molecule has 0 saturated heterocycles. The highest BCUT2D eigenvalue weighted by Crippen LogP contribution is 2.29. The third kappa shape index (κ3) is 5.64. The Morgan fingerprint density at radius 3 is 2.00 bits per heavy atom. The molecule has 2 aromatic heterocycles. The molecule has 0 aliphatic carbocycles. The molecule has 4 N–H and O–H groups in total. The average molecular weight is 549 g/mol. The monoisotopic (exact) mass is 546 g/mol. The zero-order valence-electron chi connectivity index (χ0n) is 13.6. The molecular weight excluding hydrogens is 538 g/mol. The molecule has 13 heteroatoms. The van der Waals surface area contributed by atoms with Gasteiger partial charge < -0.3 is 20.9 Å². The number of hydrogen-bond donors (Lipinski definition) is 2. The quantitative estimate of drug-likeness (QED) is 0.427. The Kier molecular flexibility index (Phi) is 8.66. The molecule has 0 amide bonds. The van der Waals surface area contributed by atoms with Crippen LogP contribution in [0.2, 0.25) is 10.3 Å². The number of anilines is 2. The van der Waals surface area contributed by atoms with E-state index in [2.05, 4.69) is 51.3 Å². The fourth-order valence-corrected chi connectivity index (χ4v) is 2.69. The van der Waals surface area contributed by atoms with E-state index in [1.54, 1.807) is 0 Å². The van der Waals surface area contributed by atoms with Crippen molar-refractivity contribution < 1.29 is 23.5 Å². The summed E-state index contributed by atoms with van der Waals surface area (Å²) in [5.74, 6) is -2.20. The number of ether oxygens (including phenoxy) is 2. The highest BCUT2D eigenvalue weighted by molar-refractivity contribution is 9.11. The normalized spacial score (nSPS) is 9.89. The molecule has 2 heterocycles. The smallest absolute Gasteiger partial charge is 0.357 e. The standard InChI is InChI=1S/C7H5BrClFN2O2.C7H6BrClN2O2/c1-14-7(13)5-2(8)4(11)3(10)6(9)12-5;1-13-7(12)6-5(8)3(10)2-4(9)11-6/h1H3,(H2,11,12);2H,1H3,(H2,10,11). The summed E-state index contributed by atoms with van der Waals surface area (Å²) in [6, 6.07) is 1.44. The Hall–Kier alpha value is -1.69. The molecule has 0 bridgehead atoms. The van der Waals surface area contributed by atoms with Gasteiger partial charge in [-0.05, 0) is 37.9 Å². The molecule has 2 aromatic rings. The van der Waals surface area contributed by atoms with Gasteiger partial charge in [0.2, 0.25) is 0 Å². The molecule has 27 heavy (non-hydrogen) atoms. The zero-order chi connectivity index (χ0) is 20.9. The number of carbonyl (C=O) groups excluding carboxylic acids is 2. The lowest BCUT2D eigenvalue weighted by molar-refractivity contribution is 0.0584. The van der Waals surface area contributed by atoms with E-state index in [1.165, 1.54) is 20.3 Å². The molecule has 0 aliphatic rings. The fourth-order valence-electron chi connectivity index (χ4n) is 1.51. The number of nitrogens with zero attached hydrogens (tertiary/aromatic N) is 2. The first-order valence-corrected chi connectivity index (χ1v) is 8.97. The largest absolute Gasteiger partial charge is 0.464 e. The molecule has 0 aromatic carbocycles.